The minimum absolute atomic E-state index is 0.142. The van der Waals surface area contributed by atoms with Gasteiger partial charge >= 0.3 is 0 Å². The lowest BCUT2D eigenvalue weighted by Gasteiger charge is -2.27. The van der Waals surface area contributed by atoms with Crippen molar-refractivity contribution in [2.24, 2.45) is 5.92 Å². The van der Waals surface area contributed by atoms with Gasteiger partial charge in [0, 0.05) is 17.7 Å². The maximum Gasteiger partial charge on any atom is 0.127 e. The summed E-state index contributed by atoms with van der Waals surface area (Å²) in [5, 5.41) is 3.71. The van der Waals surface area contributed by atoms with Crippen LogP contribution in [0.4, 0.5) is 4.39 Å². The summed E-state index contributed by atoms with van der Waals surface area (Å²) in [7, 11) is 1.91. The summed E-state index contributed by atoms with van der Waals surface area (Å²) in [5.41, 5.74) is 0.689. The van der Waals surface area contributed by atoms with Gasteiger partial charge in [-0.05, 0) is 56.8 Å². The van der Waals surface area contributed by atoms with Crippen molar-refractivity contribution in [2.75, 3.05) is 13.7 Å². The number of hydrogen-bond donors (Lipinski definition) is 1. The highest BCUT2D eigenvalue weighted by Crippen LogP contribution is 2.36. The summed E-state index contributed by atoms with van der Waals surface area (Å²) in [6.07, 6.45) is 3.23. The van der Waals surface area contributed by atoms with Gasteiger partial charge in [0.2, 0.25) is 0 Å². The van der Waals surface area contributed by atoms with E-state index >= 15 is 0 Å². The standard InChI is InChI=1S/C15H21ClFNO/c1-3-19-15(10-4-5-10)14(18-2)8-11-6-7-12(16)9-13(11)17/h6-7,9-10,14-15,18H,3-5,8H2,1-2H3. The van der Waals surface area contributed by atoms with Crippen molar-refractivity contribution < 1.29 is 9.13 Å². The number of hydrogen-bond acceptors (Lipinski definition) is 2. The zero-order valence-corrected chi connectivity index (χ0v) is 12.2. The second-order valence-electron chi connectivity index (χ2n) is 5.09. The molecule has 0 bridgehead atoms. The zero-order chi connectivity index (χ0) is 13.8. The normalized spacial score (nSPS) is 18.3. The van der Waals surface area contributed by atoms with Gasteiger partial charge in [0.1, 0.15) is 5.82 Å². The second-order valence-corrected chi connectivity index (χ2v) is 5.53. The predicted octanol–water partition coefficient (Wildman–Crippen LogP) is 3.42. The monoisotopic (exact) mass is 285 g/mol. The molecule has 4 heteroatoms. The molecule has 2 unspecified atom stereocenters. The van der Waals surface area contributed by atoms with Crippen molar-refractivity contribution in [1.29, 1.82) is 0 Å². The maximum absolute atomic E-state index is 13.9. The van der Waals surface area contributed by atoms with E-state index in [9.17, 15) is 4.39 Å². The van der Waals surface area contributed by atoms with Crippen LogP contribution in [0, 0.1) is 11.7 Å². The molecule has 1 aromatic carbocycles. The fourth-order valence-corrected chi connectivity index (χ4v) is 2.66. The maximum atomic E-state index is 13.9. The van der Waals surface area contributed by atoms with Gasteiger partial charge in [-0.2, -0.15) is 0 Å². The molecule has 0 heterocycles. The molecule has 1 N–H and O–H groups in total. The minimum atomic E-state index is -0.237. The average Bonchev–Trinajstić information content (AvgIpc) is 3.20. The fourth-order valence-electron chi connectivity index (χ4n) is 2.50. The van der Waals surface area contributed by atoms with Gasteiger partial charge in [0.05, 0.1) is 6.10 Å². The molecule has 0 aromatic heterocycles. The van der Waals surface area contributed by atoms with E-state index in [0.29, 0.717) is 29.5 Å². The molecule has 1 fully saturated rings. The second kappa shape index (κ2) is 6.69. The van der Waals surface area contributed by atoms with Crippen LogP contribution in [0.2, 0.25) is 5.02 Å². The first-order chi connectivity index (χ1) is 9.15. The van der Waals surface area contributed by atoms with Crippen molar-refractivity contribution in [3.05, 3.63) is 34.6 Å². The summed E-state index contributed by atoms with van der Waals surface area (Å²) in [6, 6.07) is 5.01. The quantitative estimate of drug-likeness (QED) is 0.829. The molecule has 1 saturated carbocycles. The number of benzene rings is 1. The largest absolute Gasteiger partial charge is 0.377 e. The number of rotatable bonds is 7. The first kappa shape index (κ1) is 14.8. The van der Waals surface area contributed by atoms with Gasteiger partial charge in [-0.15, -0.1) is 0 Å². The SMILES string of the molecule is CCOC(C1CC1)C(Cc1ccc(Cl)cc1F)NC. The Bertz CT molecular complexity index is 423. The zero-order valence-electron chi connectivity index (χ0n) is 11.5. The van der Waals surface area contributed by atoms with E-state index in [-0.39, 0.29) is 18.0 Å². The highest BCUT2D eigenvalue weighted by atomic mass is 35.5. The topological polar surface area (TPSA) is 21.3 Å². The summed E-state index contributed by atoms with van der Waals surface area (Å²) in [5.74, 6) is 0.381. The Hall–Kier alpha value is -0.640. The third-order valence-corrected chi connectivity index (χ3v) is 3.90. The molecule has 0 aliphatic heterocycles. The molecule has 0 saturated heterocycles. The number of ether oxygens (including phenoxy) is 1. The van der Waals surface area contributed by atoms with Crippen molar-refractivity contribution in [3.8, 4) is 0 Å². The van der Waals surface area contributed by atoms with Crippen LogP contribution in [-0.2, 0) is 11.2 Å². The van der Waals surface area contributed by atoms with E-state index < -0.39 is 0 Å². The van der Waals surface area contributed by atoms with Crippen LogP contribution in [0.5, 0.6) is 0 Å². The molecule has 2 rings (SSSR count). The Morgan fingerprint density at radius 3 is 2.74 bits per heavy atom. The molecular weight excluding hydrogens is 265 g/mol. The molecule has 2 nitrogen and oxygen atoms in total. The highest BCUT2D eigenvalue weighted by Gasteiger charge is 2.36. The van der Waals surface area contributed by atoms with Crippen LogP contribution in [0.1, 0.15) is 25.3 Å². The van der Waals surface area contributed by atoms with Crippen LogP contribution in [-0.4, -0.2) is 25.8 Å². The van der Waals surface area contributed by atoms with E-state index in [1.54, 1.807) is 12.1 Å². The van der Waals surface area contributed by atoms with Crippen LogP contribution >= 0.6 is 11.6 Å². The molecule has 0 amide bonds. The van der Waals surface area contributed by atoms with E-state index in [1.165, 1.54) is 18.9 Å². The van der Waals surface area contributed by atoms with Crippen molar-refractivity contribution >= 4 is 11.6 Å². The molecule has 0 radical (unpaired) electrons. The molecule has 0 spiro atoms. The van der Waals surface area contributed by atoms with Crippen molar-refractivity contribution in [2.45, 2.75) is 38.3 Å². The lowest BCUT2D eigenvalue weighted by Crippen LogP contribution is -2.42. The van der Waals surface area contributed by atoms with Crippen LogP contribution in [0.15, 0.2) is 18.2 Å². The van der Waals surface area contributed by atoms with Crippen LogP contribution in [0.25, 0.3) is 0 Å². The lowest BCUT2D eigenvalue weighted by atomic mass is 9.98. The van der Waals surface area contributed by atoms with Crippen LogP contribution in [0.3, 0.4) is 0 Å². The molecule has 1 aliphatic rings. The summed E-state index contributed by atoms with van der Waals surface area (Å²) in [4.78, 5) is 0. The van der Waals surface area contributed by atoms with E-state index in [1.807, 2.05) is 14.0 Å². The van der Waals surface area contributed by atoms with Gasteiger partial charge in [0.15, 0.2) is 0 Å². The smallest absolute Gasteiger partial charge is 0.127 e. The van der Waals surface area contributed by atoms with Gasteiger partial charge < -0.3 is 10.1 Å². The molecule has 1 aromatic rings. The van der Waals surface area contributed by atoms with Gasteiger partial charge in [-0.1, -0.05) is 17.7 Å². The van der Waals surface area contributed by atoms with Gasteiger partial charge in [-0.25, -0.2) is 4.39 Å². The molecule has 19 heavy (non-hydrogen) atoms. The summed E-state index contributed by atoms with van der Waals surface area (Å²) >= 11 is 5.78. The predicted molar refractivity (Wildman–Crippen MR) is 76.1 cm³/mol. The first-order valence-corrected chi connectivity index (χ1v) is 7.26. The highest BCUT2D eigenvalue weighted by molar-refractivity contribution is 6.30. The summed E-state index contributed by atoms with van der Waals surface area (Å²) < 4.78 is 19.7. The molecule has 2 atom stereocenters. The number of halogens is 2. The van der Waals surface area contributed by atoms with Crippen LogP contribution < -0.4 is 5.32 Å². The third-order valence-electron chi connectivity index (χ3n) is 3.67. The minimum Gasteiger partial charge on any atom is -0.377 e. The third kappa shape index (κ3) is 3.91. The molecular formula is C15H21ClFNO. The van der Waals surface area contributed by atoms with Gasteiger partial charge in [0.25, 0.3) is 0 Å². The molecule has 1 aliphatic carbocycles. The lowest BCUT2D eigenvalue weighted by molar-refractivity contribution is 0.0209. The Kier molecular flexibility index (Phi) is 5.20. The van der Waals surface area contributed by atoms with E-state index in [2.05, 4.69) is 5.32 Å². The number of nitrogens with one attached hydrogen (secondary N) is 1. The Morgan fingerprint density at radius 2 is 2.21 bits per heavy atom. The first-order valence-electron chi connectivity index (χ1n) is 6.88. The van der Waals surface area contributed by atoms with E-state index in [0.717, 1.165) is 0 Å². The number of likely N-dealkylation sites (N-methyl/N-ethyl adjacent to an activating group) is 1. The van der Waals surface area contributed by atoms with E-state index in [4.69, 9.17) is 16.3 Å². The van der Waals surface area contributed by atoms with Crippen molar-refractivity contribution in [1.82, 2.24) is 5.32 Å². The van der Waals surface area contributed by atoms with Gasteiger partial charge in [-0.3, -0.25) is 0 Å². The Balaban J connectivity index is 2.08. The Morgan fingerprint density at radius 1 is 1.47 bits per heavy atom. The summed E-state index contributed by atoms with van der Waals surface area (Å²) in [6.45, 7) is 2.70. The Labute approximate surface area is 119 Å². The average molecular weight is 286 g/mol. The molecule has 106 valence electrons. The van der Waals surface area contributed by atoms with Crippen molar-refractivity contribution in [3.63, 3.8) is 0 Å². The fraction of sp³-hybridized carbons (Fsp3) is 0.600.